The van der Waals surface area contributed by atoms with E-state index in [1.165, 1.54) is 0 Å². The lowest BCUT2D eigenvalue weighted by Gasteiger charge is -2.13. The Morgan fingerprint density at radius 2 is 2.27 bits per heavy atom. The van der Waals surface area contributed by atoms with E-state index in [1.54, 1.807) is 31.4 Å². The number of nitrogens with zero attached hydrogens (tertiary/aromatic N) is 2. The van der Waals surface area contributed by atoms with E-state index in [0.29, 0.717) is 11.4 Å². The van der Waals surface area contributed by atoms with Crippen molar-refractivity contribution in [2.24, 2.45) is 0 Å². The van der Waals surface area contributed by atoms with Crippen LogP contribution in [0.15, 0.2) is 12.3 Å². The third-order valence-electron chi connectivity index (χ3n) is 1.94. The summed E-state index contributed by atoms with van der Waals surface area (Å²) < 4.78 is 1.87. The maximum Gasteiger partial charge on any atom is 0.282 e. The molecule has 0 aromatic carbocycles. The van der Waals surface area contributed by atoms with Gasteiger partial charge in [0.25, 0.3) is 5.91 Å². The smallest absolute Gasteiger partial charge is 0.282 e. The summed E-state index contributed by atoms with van der Waals surface area (Å²) in [4.78, 5) is 11.7. The van der Waals surface area contributed by atoms with Crippen molar-refractivity contribution in [1.29, 1.82) is 0 Å². The monoisotopic (exact) mass is 210 g/mol. The molecular formula is C10H18N4O. The summed E-state index contributed by atoms with van der Waals surface area (Å²) in [5.41, 5.74) is 9.57. The molecule has 0 radical (unpaired) electrons. The second-order valence-electron chi connectivity index (χ2n) is 3.69. The average Bonchev–Trinajstić information content (AvgIpc) is 2.46. The second kappa shape index (κ2) is 4.84. The van der Waals surface area contributed by atoms with Gasteiger partial charge in [-0.1, -0.05) is 6.92 Å². The molecule has 0 saturated heterocycles. The number of carbonyl (C=O) groups excluding carboxylic acids is 1. The van der Waals surface area contributed by atoms with Gasteiger partial charge in [-0.05, 0) is 12.5 Å². The van der Waals surface area contributed by atoms with Crippen molar-refractivity contribution in [1.82, 2.24) is 15.0 Å². The molecule has 1 amide bonds. The number of aryl methyl sites for hydroxylation is 1. The molecule has 0 unspecified atom stereocenters. The van der Waals surface area contributed by atoms with E-state index < -0.39 is 0 Å². The van der Waals surface area contributed by atoms with Crippen LogP contribution in [-0.4, -0.2) is 29.6 Å². The van der Waals surface area contributed by atoms with Crippen LogP contribution in [0.5, 0.6) is 0 Å². The number of hydrogen-bond donors (Lipinski definition) is 2. The predicted molar refractivity (Wildman–Crippen MR) is 60.3 cm³/mol. The Morgan fingerprint density at radius 3 is 2.80 bits per heavy atom. The molecule has 0 aliphatic carbocycles. The standard InChI is InChI=1S/C10H18N4O/c1-4-5-14-7-8(11)6-9(14)10(15)12-13(2)3/h6-7H,4-5,11H2,1-3H3,(H,12,15). The molecule has 0 aliphatic heterocycles. The first-order valence-corrected chi connectivity index (χ1v) is 4.98. The normalized spacial score (nSPS) is 10.7. The predicted octanol–water partition coefficient (Wildman–Crippen LogP) is 0.687. The fourth-order valence-corrected chi connectivity index (χ4v) is 1.41. The summed E-state index contributed by atoms with van der Waals surface area (Å²) >= 11 is 0. The Morgan fingerprint density at radius 1 is 1.60 bits per heavy atom. The number of hydrazine groups is 1. The molecule has 15 heavy (non-hydrogen) atoms. The van der Waals surface area contributed by atoms with E-state index in [0.717, 1.165) is 13.0 Å². The van der Waals surface area contributed by atoms with E-state index in [-0.39, 0.29) is 5.91 Å². The van der Waals surface area contributed by atoms with Crippen LogP contribution in [0, 0.1) is 0 Å². The quantitative estimate of drug-likeness (QED) is 0.719. The molecule has 0 aliphatic rings. The van der Waals surface area contributed by atoms with Gasteiger partial charge in [0.2, 0.25) is 0 Å². The first-order valence-electron chi connectivity index (χ1n) is 4.98. The molecule has 1 rings (SSSR count). The van der Waals surface area contributed by atoms with Crippen LogP contribution in [-0.2, 0) is 6.54 Å². The van der Waals surface area contributed by atoms with Crippen LogP contribution >= 0.6 is 0 Å². The van der Waals surface area contributed by atoms with Gasteiger partial charge in [0, 0.05) is 26.8 Å². The van der Waals surface area contributed by atoms with Gasteiger partial charge in [-0.15, -0.1) is 0 Å². The highest BCUT2D eigenvalue weighted by molar-refractivity contribution is 5.93. The average molecular weight is 210 g/mol. The maximum atomic E-state index is 11.7. The Hall–Kier alpha value is -1.49. The third kappa shape index (κ3) is 2.99. The summed E-state index contributed by atoms with van der Waals surface area (Å²) in [7, 11) is 3.54. The zero-order chi connectivity index (χ0) is 11.4. The molecule has 0 fully saturated rings. The number of aromatic nitrogens is 1. The van der Waals surface area contributed by atoms with Gasteiger partial charge in [-0.25, -0.2) is 5.01 Å². The number of rotatable bonds is 4. The zero-order valence-corrected chi connectivity index (χ0v) is 9.45. The van der Waals surface area contributed by atoms with Gasteiger partial charge >= 0.3 is 0 Å². The van der Waals surface area contributed by atoms with E-state index in [1.807, 2.05) is 4.57 Å². The number of nitrogens with two attached hydrogens (primary N) is 1. The molecule has 0 saturated carbocycles. The lowest BCUT2D eigenvalue weighted by Crippen LogP contribution is -2.37. The van der Waals surface area contributed by atoms with Crippen molar-refractivity contribution in [2.75, 3.05) is 19.8 Å². The SMILES string of the molecule is CCCn1cc(N)cc1C(=O)NN(C)C. The van der Waals surface area contributed by atoms with E-state index >= 15 is 0 Å². The minimum atomic E-state index is -0.134. The zero-order valence-electron chi connectivity index (χ0n) is 9.45. The van der Waals surface area contributed by atoms with Crippen LogP contribution < -0.4 is 11.2 Å². The van der Waals surface area contributed by atoms with Gasteiger partial charge in [0.05, 0.1) is 5.69 Å². The van der Waals surface area contributed by atoms with Crippen molar-refractivity contribution in [2.45, 2.75) is 19.9 Å². The summed E-state index contributed by atoms with van der Waals surface area (Å²) in [6.45, 7) is 2.86. The minimum Gasteiger partial charge on any atom is -0.397 e. The maximum absolute atomic E-state index is 11.7. The summed E-state index contributed by atoms with van der Waals surface area (Å²) in [5.74, 6) is -0.134. The number of hydrogen-bond acceptors (Lipinski definition) is 3. The minimum absolute atomic E-state index is 0.134. The third-order valence-corrected chi connectivity index (χ3v) is 1.94. The molecule has 1 aromatic rings. The van der Waals surface area contributed by atoms with E-state index in [4.69, 9.17) is 5.73 Å². The second-order valence-corrected chi connectivity index (χ2v) is 3.69. The van der Waals surface area contributed by atoms with Crippen LogP contribution in [0.3, 0.4) is 0 Å². The first kappa shape index (κ1) is 11.6. The van der Waals surface area contributed by atoms with Crippen molar-refractivity contribution in [3.05, 3.63) is 18.0 Å². The van der Waals surface area contributed by atoms with E-state index in [2.05, 4.69) is 12.3 Å². The number of amides is 1. The Balaban J connectivity index is 2.86. The van der Waals surface area contributed by atoms with Gasteiger partial charge in [-0.3, -0.25) is 10.2 Å². The molecule has 1 aromatic heterocycles. The first-order chi connectivity index (χ1) is 7.04. The molecule has 5 nitrogen and oxygen atoms in total. The molecule has 0 bridgehead atoms. The summed E-state index contributed by atoms with van der Waals surface area (Å²) in [6.07, 6.45) is 2.75. The van der Waals surface area contributed by atoms with Gasteiger partial charge in [0.1, 0.15) is 5.69 Å². The molecular weight excluding hydrogens is 192 g/mol. The molecule has 0 atom stereocenters. The lowest BCUT2D eigenvalue weighted by atomic mass is 10.4. The topological polar surface area (TPSA) is 63.3 Å². The highest BCUT2D eigenvalue weighted by Gasteiger charge is 2.12. The highest BCUT2D eigenvalue weighted by Crippen LogP contribution is 2.11. The Labute approximate surface area is 89.8 Å². The molecule has 5 heteroatoms. The molecule has 84 valence electrons. The van der Waals surface area contributed by atoms with Gasteiger partial charge in [0.15, 0.2) is 0 Å². The van der Waals surface area contributed by atoms with Crippen LogP contribution in [0.2, 0.25) is 0 Å². The molecule has 1 heterocycles. The van der Waals surface area contributed by atoms with Crippen molar-refractivity contribution < 1.29 is 4.79 Å². The van der Waals surface area contributed by atoms with Crippen molar-refractivity contribution in [3.8, 4) is 0 Å². The van der Waals surface area contributed by atoms with Crippen LogP contribution in [0.25, 0.3) is 0 Å². The van der Waals surface area contributed by atoms with Crippen LogP contribution in [0.4, 0.5) is 5.69 Å². The molecule has 3 N–H and O–H groups in total. The number of nitrogens with one attached hydrogen (secondary N) is 1. The van der Waals surface area contributed by atoms with E-state index in [9.17, 15) is 4.79 Å². The lowest BCUT2D eigenvalue weighted by molar-refractivity contribution is 0.0847. The number of anilines is 1. The number of carbonyl (C=O) groups is 1. The van der Waals surface area contributed by atoms with Crippen LogP contribution in [0.1, 0.15) is 23.8 Å². The summed E-state index contributed by atoms with van der Waals surface area (Å²) in [6, 6.07) is 1.69. The fourth-order valence-electron chi connectivity index (χ4n) is 1.41. The highest BCUT2D eigenvalue weighted by atomic mass is 16.2. The van der Waals surface area contributed by atoms with Crippen molar-refractivity contribution >= 4 is 11.6 Å². The molecule has 0 spiro atoms. The largest absolute Gasteiger partial charge is 0.397 e. The van der Waals surface area contributed by atoms with Crippen molar-refractivity contribution in [3.63, 3.8) is 0 Å². The number of nitrogen functional groups attached to an aromatic ring is 1. The Bertz CT molecular complexity index is 343. The summed E-state index contributed by atoms with van der Waals surface area (Å²) in [5, 5.41) is 1.61. The van der Waals surface area contributed by atoms with Gasteiger partial charge < -0.3 is 10.3 Å². The van der Waals surface area contributed by atoms with Gasteiger partial charge in [-0.2, -0.15) is 0 Å². The fraction of sp³-hybridized carbons (Fsp3) is 0.500. The Kier molecular flexibility index (Phi) is 3.74.